The summed E-state index contributed by atoms with van der Waals surface area (Å²) < 4.78 is 5.49. The smallest absolute Gasteiger partial charge is 0.265 e. The van der Waals surface area contributed by atoms with E-state index in [1.54, 1.807) is 47.6 Å². The van der Waals surface area contributed by atoms with E-state index in [9.17, 15) is 14.4 Å². The van der Waals surface area contributed by atoms with Crippen molar-refractivity contribution in [3.8, 4) is 5.75 Å². The highest BCUT2D eigenvalue weighted by atomic mass is 16.5. The predicted molar refractivity (Wildman–Crippen MR) is 115 cm³/mol. The molecule has 7 nitrogen and oxygen atoms in total. The second-order valence-electron chi connectivity index (χ2n) is 7.25. The van der Waals surface area contributed by atoms with Gasteiger partial charge < -0.3 is 15.0 Å². The molecule has 156 valence electrons. The molecule has 0 radical (unpaired) electrons. The fraction of sp³-hybridized carbons (Fsp3) is 0.167. The van der Waals surface area contributed by atoms with Crippen molar-refractivity contribution in [2.24, 2.45) is 0 Å². The second kappa shape index (κ2) is 8.79. The zero-order chi connectivity index (χ0) is 21.8. The van der Waals surface area contributed by atoms with Crippen LogP contribution in [0.5, 0.6) is 5.75 Å². The van der Waals surface area contributed by atoms with E-state index in [0.29, 0.717) is 35.7 Å². The zero-order valence-electron chi connectivity index (χ0n) is 17.0. The summed E-state index contributed by atoms with van der Waals surface area (Å²) in [4.78, 5) is 42.2. The molecular weight excluding hydrogens is 394 g/mol. The molecule has 3 aromatic rings. The van der Waals surface area contributed by atoms with Gasteiger partial charge in [-0.15, -0.1) is 0 Å². The predicted octanol–water partition coefficient (Wildman–Crippen LogP) is 3.14. The molecule has 0 fully saturated rings. The highest BCUT2D eigenvalue weighted by Crippen LogP contribution is 2.34. The Balaban J connectivity index is 1.46. The molecule has 2 heterocycles. The van der Waals surface area contributed by atoms with Gasteiger partial charge >= 0.3 is 0 Å². The van der Waals surface area contributed by atoms with Crippen LogP contribution in [0.25, 0.3) is 0 Å². The van der Waals surface area contributed by atoms with Gasteiger partial charge in [0.2, 0.25) is 0 Å². The summed E-state index contributed by atoms with van der Waals surface area (Å²) in [6.45, 7) is 2.14. The highest BCUT2D eigenvalue weighted by Gasteiger charge is 2.26. The first-order valence-corrected chi connectivity index (χ1v) is 9.85. The SMILES string of the molecule is CC(=O)c1ccc2c(c1)N(Cc1ccc(C(=O)NCc3cccnc3)cc1)C(=O)CO2. The second-order valence-corrected chi connectivity index (χ2v) is 7.25. The van der Waals surface area contributed by atoms with E-state index in [0.717, 1.165) is 11.1 Å². The molecule has 7 heteroatoms. The third-order valence-corrected chi connectivity index (χ3v) is 5.04. The molecule has 1 aliphatic rings. The number of benzene rings is 2. The topological polar surface area (TPSA) is 88.6 Å². The molecule has 2 amide bonds. The molecule has 31 heavy (non-hydrogen) atoms. The Morgan fingerprint density at radius 3 is 2.55 bits per heavy atom. The van der Waals surface area contributed by atoms with Crippen LogP contribution in [0.4, 0.5) is 5.69 Å². The Kier molecular flexibility index (Phi) is 5.75. The first-order valence-electron chi connectivity index (χ1n) is 9.85. The van der Waals surface area contributed by atoms with Crippen molar-refractivity contribution < 1.29 is 19.1 Å². The summed E-state index contributed by atoms with van der Waals surface area (Å²) in [6.07, 6.45) is 3.39. The van der Waals surface area contributed by atoms with E-state index in [1.165, 1.54) is 6.92 Å². The zero-order valence-corrected chi connectivity index (χ0v) is 17.0. The molecule has 0 atom stereocenters. The van der Waals surface area contributed by atoms with Gasteiger partial charge in [-0.2, -0.15) is 0 Å². The van der Waals surface area contributed by atoms with Gasteiger partial charge in [0, 0.05) is 30.1 Å². The maximum Gasteiger partial charge on any atom is 0.265 e. The van der Waals surface area contributed by atoms with Crippen molar-refractivity contribution in [1.29, 1.82) is 0 Å². The number of pyridine rings is 1. The van der Waals surface area contributed by atoms with Gasteiger partial charge in [-0.05, 0) is 54.4 Å². The van der Waals surface area contributed by atoms with Gasteiger partial charge in [0.15, 0.2) is 12.4 Å². The number of amides is 2. The molecule has 0 spiro atoms. The number of carbonyl (C=O) groups is 3. The molecule has 1 aliphatic heterocycles. The molecule has 0 aliphatic carbocycles. The Morgan fingerprint density at radius 1 is 1.06 bits per heavy atom. The number of hydrogen-bond donors (Lipinski definition) is 1. The summed E-state index contributed by atoms with van der Waals surface area (Å²) in [5, 5.41) is 2.86. The van der Waals surface area contributed by atoms with Gasteiger partial charge in [-0.25, -0.2) is 0 Å². The Labute approximate surface area is 179 Å². The van der Waals surface area contributed by atoms with E-state index in [-0.39, 0.29) is 24.2 Å². The number of ether oxygens (including phenoxy) is 1. The van der Waals surface area contributed by atoms with Crippen LogP contribution in [0.1, 0.15) is 38.8 Å². The number of carbonyl (C=O) groups excluding carboxylic acids is 3. The lowest BCUT2D eigenvalue weighted by Crippen LogP contribution is -2.38. The lowest BCUT2D eigenvalue weighted by Gasteiger charge is -2.29. The molecule has 1 aromatic heterocycles. The summed E-state index contributed by atoms with van der Waals surface area (Å²) in [7, 11) is 0. The lowest BCUT2D eigenvalue weighted by molar-refractivity contribution is -0.121. The maximum absolute atomic E-state index is 12.5. The van der Waals surface area contributed by atoms with Crippen LogP contribution in [-0.4, -0.2) is 29.2 Å². The minimum absolute atomic E-state index is 0.0543. The molecule has 2 aromatic carbocycles. The molecular formula is C24H21N3O4. The number of anilines is 1. The number of fused-ring (bicyclic) bond motifs is 1. The molecule has 4 rings (SSSR count). The summed E-state index contributed by atoms with van der Waals surface area (Å²) in [5.74, 6) is 0.110. The minimum atomic E-state index is -0.188. The number of nitrogens with one attached hydrogen (secondary N) is 1. The maximum atomic E-state index is 12.5. The van der Waals surface area contributed by atoms with Gasteiger partial charge in [0.05, 0.1) is 12.2 Å². The standard InChI is InChI=1S/C24H21N3O4/c1-16(28)20-8-9-22-21(11-20)27(23(29)15-31-22)14-17-4-6-19(7-5-17)24(30)26-13-18-3-2-10-25-12-18/h2-12H,13-15H2,1H3,(H,26,30). The molecule has 0 saturated carbocycles. The molecule has 0 saturated heterocycles. The highest BCUT2D eigenvalue weighted by molar-refractivity contribution is 6.01. The Morgan fingerprint density at radius 2 is 1.84 bits per heavy atom. The first-order chi connectivity index (χ1) is 15.0. The van der Waals surface area contributed by atoms with E-state index in [2.05, 4.69) is 10.3 Å². The van der Waals surface area contributed by atoms with Crippen LogP contribution < -0.4 is 15.0 Å². The molecule has 1 N–H and O–H groups in total. The monoisotopic (exact) mass is 415 g/mol. The molecule has 0 bridgehead atoms. The van der Waals surface area contributed by atoms with Crippen molar-refractivity contribution in [1.82, 2.24) is 10.3 Å². The molecule has 0 unspecified atom stereocenters. The van der Waals surface area contributed by atoms with Crippen molar-refractivity contribution >= 4 is 23.3 Å². The average molecular weight is 415 g/mol. The van der Waals surface area contributed by atoms with Gasteiger partial charge in [-0.3, -0.25) is 19.4 Å². The van der Waals surface area contributed by atoms with Crippen molar-refractivity contribution in [2.45, 2.75) is 20.0 Å². The number of Topliss-reactive ketones (excluding diaryl/α,β-unsaturated/α-hetero) is 1. The number of aromatic nitrogens is 1. The number of rotatable bonds is 6. The van der Waals surface area contributed by atoms with Crippen LogP contribution in [0.15, 0.2) is 67.0 Å². The quantitative estimate of drug-likeness (QED) is 0.625. The van der Waals surface area contributed by atoms with Gasteiger partial charge in [0.25, 0.3) is 11.8 Å². The first kappa shape index (κ1) is 20.3. The van der Waals surface area contributed by atoms with Crippen LogP contribution in [0.3, 0.4) is 0 Å². The summed E-state index contributed by atoms with van der Waals surface area (Å²) in [5.41, 5.74) is 3.39. The van der Waals surface area contributed by atoms with Crippen LogP contribution in [-0.2, 0) is 17.9 Å². The number of ketones is 1. The fourth-order valence-corrected chi connectivity index (χ4v) is 3.33. The van der Waals surface area contributed by atoms with Crippen molar-refractivity contribution in [3.63, 3.8) is 0 Å². The third-order valence-electron chi connectivity index (χ3n) is 5.04. The largest absolute Gasteiger partial charge is 0.482 e. The van der Waals surface area contributed by atoms with Crippen molar-refractivity contribution in [3.05, 3.63) is 89.2 Å². The van der Waals surface area contributed by atoms with E-state index in [4.69, 9.17) is 4.74 Å². The van der Waals surface area contributed by atoms with Crippen LogP contribution in [0.2, 0.25) is 0 Å². The van der Waals surface area contributed by atoms with E-state index < -0.39 is 0 Å². The summed E-state index contributed by atoms with van der Waals surface area (Å²) in [6, 6.07) is 15.9. The normalized spacial score (nSPS) is 12.7. The Bertz CT molecular complexity index is 1130. The Hall–Kier alpha value is -4.00. The number of hydrogen-bond acceptors (Lipinski definition) is 5. The van der Waals surface area contributed by atoms with E-state index >= 15 is 0 Å². The lowest BCUT2D eigenvalue weighted by atomic mass is 10.1. The number of nitrogens with zero attached hydrogens (tertiary/aromatic N) is 2. The average Bonchev–Trinajstić information content (AvgIpc) is 2.80. The van der Waals surface area contributed by atoms with Gasteiger partial charge in [0.1, 0.15) is 5.75 Å². The van der Waals surface area contributed by atoms with Gasteiger partial charge in [-0.1, -0.05) is 18.2 Å². The fourth-order valence-electron chi connectivity index (χ4n) is 3.33. The third kappa shape index (κ3) is 4.61. The van der Waals surface area contributed by atoms with Crippen LogP contribution >= 0.6 is 0 Å². The van der Waals surface area contributed by atoms with E-state index in [1.807, 2.05) is 24.3 Å². The van der Waals surface area contributed by atoms with Crippen LogP contribution in [0, 0.1) is 0 Å². The minimum Gasteiger partial charge on any atom is -0.482 e. The van der Waals surface area contributed by atoms with Crippen molar-refractivity contribution in [2.75, 3.05) is 11.5 Å². The summed E-state index contributed by atoms with van der Waals surface area (Å²) >= 11 is 0.